The van der Waals surface area contributed by atoms with Gasteiger partial charge in [-0.3, -0.25) is 4.79 Å². The molecule has 0 aliphatic rings. The van der Waals surface area contributed by atoms with Crippen molar-refractivity contribution in [3.63, 3.8) is 0 Å². The highest BCUT2D eigenvalue weighted by atomic mass is 35.5. The summed E-state index contributed by atoms with van der Waals surface area (Å²) in [6.07, 6.45) is 0. The predicted octanol–water partition coefficient (Wildman–Crippen LogP) is 1.74. The number of nitrogens with one attached hydrogen (secondary N) is 1. The van der Waals surface area contributed by atoms with Crippen LogP contribution >= 0.6 is 22.9 Å². The molecule has 6 heteroatoms. The lowest BCUT2D eigenvalue weighted by molar-refractivity contribution is 0.0925. The number of rotatable bonds is 7. The van der Waals surface area contributed by atoms with Crippen molar-refractivity contribution in [2.75, 3.05) is 32.7 Å². The van der Waals surface area contributed by atoms with Gasteiger partial charge in [-0.1, -0.05) is 0 Å². The molecule has 0 aliphatic heterocycles. The van der Waals surface area contributed by atoms with E-state index in [1.807, 2.05) is 5.38 Å². The number of hydrogen-bond donors (Lipinski definition) is 1. The van der Waals surface area contributed by atoms with Gasteiger partial charge in [-0.15, -0.1) is 22.9 Å². The molecular weight excluding hydrogens is 250 g/mol. The van der Waals surface area contributed by atoms with Crippen molar-refractivity contribution in [1.29, 1.82) is 0 Å². The minimum Gasteiger partial charge on any atom is -0.495 e. The van der Waals surface area contributed by atoms with Crippen LogP contribution in [0.3, 0.4) is 0 Å². The SMILES string of the molecule is COc1ccsc1C(=O)NCCOCCCl. The van der Waals surface area contributed by atoms with Gasteiger partial charge in [-0.05, 0) is 11.4 Å². The van der Waals surface area contributed by atoms with Crippen LogP contribution in [0.2, 0.25) is 0 Å². The first-order valence-corrected chi connectivity index (χ1v) is 6.24. The van der Waals surface area contributed by atoms with Crippen molar-refractivity contribution < 1.29 is 14.3 Å². The van der Waals surface area contributed by atoms with Crippen LogP contribution in [0.4, 0.5) is 0 Å². The van der Waals surface area contributed by atoms with E-state index in [9.17, 15) is 4.79 Å². The van der Waals surface area contributed by atoms with Crippen LogP contribution in [0, 0.1) is 0 Å². The van der Waals surface area contributed by atoms with E-state index in [2.05, 4.69) is 5.32 Å². The Hall–Kier alpha value is -0.780. The van der Waals surface area contributed by atoms with Gasteiger partial charge in [0.25, 0.3) is 5.91 Å². The maximum atomic E-state index is 11.7. The molecule has 0 atom stereocenters. The normalized spacial score (nSPS) is 10.1. The Kier molecular flexibility index (Phi) is 6.22. The second-order valence-electron chi connectivity index (χ2n) is 2.88. The fourth-order valence-electron chi connectivity index (χ4n) is 1.10. The summed E-state index contributed by atoms with van der Waals surface area (Å²) in [6, 6.07) is 1.77. The number of alkyl halides is 1. The van der Waals surface area contributed by atoms with E-state index in [1.165, 1.54) is 11.3 Å². The van der Waals surface area contributed by atoms with Gasteiger partial charge in [-0.2, -0.15) is 0 Å². The fraction of sp³-hybridized carbons (Fsp3) is 0.500. The summed E-state index contributed by atoms with van der Waals surface area (Å²) in [5.74, 6) is 0.928. The molecule has 0 aromatic carbocycles. The molecule has 0 radical (unpaired) electrons. The van der Waals surface area contributed by atoms with Crippen LogP contribution in [0.1, 0.15) is 9.67 Å². The van der Waals surface area contributed by atoms with Crippen molar-refractivity contribution in [3.8, 4) is 5.75 Å². The standard InChI is InChI=1S/C10H14ClNO3S/c1-14-8-2-7-16-9(8)10(13)12-4-6-15-5-3-11/h2,7H,3-6H2,1H3,(H,12,13). The highest BCUT2D eigenvalue weighted by Gasteiger charge is 2.12. The fourth-order valence-corrected chi connectivity index (χ4v) is 1.98. The summed E-state index contributed by atoms with van der Waals surface area (Å²) >= 11 is 6.79. The number of methoxy groups -OCH3 is 1. The maximum Gasteiger partial charge on any atom is 0.265 e. The van der Waals surface area contributed by atoms with E-state index >= 15 is 0 Å². The quantitative estimate of drug-likeness (QED) is 0.602. The summed E-state index contributed by atoms with van der Waals surface area (Å²) in [5.41, 5.74) is 0. The number of carbonyl (C=O) groups is 1. The smallest absolute Gasteiger partial charge is 0.265 e. The lowest BCUT2D eigenvalue weighted by Crippen LogP contribution is -2.27. The Morgan fingerprint density at radius 3 is 3.06 bits per heavy atom. The van der Waals surface area contributed by atoms with Crippen molar-refractivity contribution in [2.45, 2.75) is 0 Å². The third-order valence-corrected chi connectivity index (χ3v) is 2.86. The molecule has 0 bridgehead atoms. The molecule has 0 fully saturated rings. The first-order valence-electron chi connectivity index (χ1n) is 4.83. The zero-order valence-electron chi connectivity index (χ0n) is 8.99. The summed E-state index contributed by atoms with van der Waals surface area (Å²) in [6.45, 7) is 1.43. The van der Waals surface area contributed by atoms with E-state index < -0.39 is 0 Å². The van der Waals surface area contributed by atoms with E-state index in [0.717, 1.165) is 0 Å². The van der Waals surface area contributed by atoms with Gasteiger partial charge >= 0.3 is 0 Å². The number of ether oxygens (including phenoxy) is 2. The molecular formula is C10H14ClNO3S. The molecule has 4 nitrogen and oxygen atoms in total. The van der Waals surface area contributed by atoms with Crippen LogP contribution in [-0.2, 0) is 4.74 Å². The molecule has 1 rings (SSSR count). The zero-order chi connectivity index (χ0) is 11.8. The van der Waals surface area contributed by atoms with Crippen molar-refractivity contribution in [3.05, 3.63) is 16.3 Å². The predicted molar refractivity (Wildman–Crippen MR) is 64.7 cm³/mol. The topological polar surface area (TPSA) is 47.6 Å². The minimum absolute atomic E-state index is 0.138. The maximum absolute atomic E-state index is 11.7. The minimum atomic E-state index is -0.138. The van der Waals surface area contributed by atoms with Crippen LogP contribution in [0.25, 0.3) is 0 Å². The summed E-state index contributed by atoms with van der Waals surface area (Å²) in [4.78, 5) is 12.2. The molecule has 1 aromatic heterocycles. The Morgan fingerprint density at radius 2 is 2.38 bits per heavy atom. The van der Waals surface area contributed by atoms with Crippen molar-refractivity contribution in [1.82, 2.24) is 5.32 Å². The Bertz CT molecular complexity index is 330. The first kappa shape index (κ1) is 13.3. The number of hydrogen-bond acceptors (Lipinski definition) is 4. The Balaban J connectivity index is 2.30. The molecule has 0 aliphatic carbocycles. The zero-order valence-corrected chi connectivity index (χ0v) is 10.6. The summed E-state index contributed by atoms with van der Waals surface area (Å²) < 4.78 is 10.2. The van der Waals surface area contributed by atoms with Gasteiger partial charge in [0.15, 0.2) is 0 Å². The molecule has 0 saturated heterocycles. The second kappa shape index (κ2) is 7.49. The van der Waals surface area contributed by atoms with Gasteiger partial charge in [0.2, 0.25) is 0 Å². The molecule has 1 N–H and O–H groups in total. The summed E-state index contributed by atoms with van der Waals surface area (Å²) in [7, 11) is 1.54. The Labute approximate surface area is 104 Å². The molecule has 1 aromatic rings. The van der Waals surface area contributed by atoms with Gasteiger partial charge in [-0.25, -0.2) is 0 Å². The van der Waals surface area contributed by atoms with Crippen LogP contribution in [0.15, 0.2) is 11.4 Å². The van der Waals surface area contributed by atoms with E-state index in [4.69, 9.17) is 21.1 Å². The van der Waals surface area contributed by atoms with Gasteiger partial charge in [0.1, 0.15) is 10.6 Å². The third kappa shape index (κ3) is 4.00. The van der Waals surface area contributed by atoms with Crippen molar-refractivity contribution in [2.24, 2.45) is 0 Å². The number of carbonyl (C=O) groups excluding carboxylic acids is 1. The van der Waals surface area contributed by atoms with E-state index in [0.29, 0.717) is 36.3 Å². The van der Waals surface area contributed by atoms with Crippen molar-refractivity contribution >= 4 is 28.8 Å². The highest BCUT2D eigenvalue weighted by molar-refractivity contribution is 7.12. The molecule has 16 heavy (non-hydrogen) atoms. The van der Waals surface area contributed by atoms with E-state index in [-0.39, 0.29) is 5.91 Å². The Morgan fingerprint density at radius 1 is 1.56 bits per heavy atom. The monoisotopic (exact) mass is 263 g/mol. The van der Waals surface area contributed by atoms with Gasteiger partial charge in [0.05, 0.1) is 20.3 Å². The molecule has 1 amide bonds. The largest absolute Gasteiger partial charge is 0.495 e. The molecule has 1 heterocycles. The lowest BCUT2D eigenvalue weighted by atomic mass is 10.4. The molecule has 90 valence electrons. The summed E-state index contributed by atoms with van der Waals surface area (Å²) in [5, 5.41) is 4.56. The van der Waals surface area contributed by atoms with E-state index in [1.54, 1.807) is 13.2 Å². The first-order chi connectivity index (χ1) is 7.79. The van der Waals surface area contributed by atoms with Crippen LogP contribution in [-0.4, -0.2) is 38.7 Å². The van der Waals surface area contributed by atoms with Crippen LogP contribution < -0.4 is 10.1 Å². The van der Waals surface area contributed by atoms with Crippen LogP contribution in [0.5, 0.6) is 5.75 Å². The second-order valence-corrected chi connectivity index (χ2v) is 4.17. The lowest BCUT2D eigenvalue weighted by Gasteiger charge is -2.05. The molecule has 0 saturated carbocycles. The third-order valence-electron chi connectivity index (χ3n) is 1.81. The van der Waals surface area contributed by atoms with Gasteiger partial charge in [0, 0.05) is 12.4 Å². The van der Waals surface area contributed by atoms with Gasteiger partial charge < -0.3 is 14.8 Å². The number of thiophene rings is 1. The average Bonchev–Trinajstić information content (AvgIpc) is 2.76. The number of halogens is 1. The molecule has 0 unspecified atom stereocenters. The highest BCUT2D eigenvalue weighted by Crippen LogP contribution is 2.23. The number of amides is 1. The molecule has 0 spiro atoms. The average molecular weight is 264 g/mol.